The van der Waals surface area contributed by atoms with Gasteiger partial charge in [-0.3, -0.25) is 9.59 Å². The second kappa shape index (κ2) is 6.54. The molecule has 0 bridgehead atoms. The highest BCUT2D eigenvalue weighted by Gasteiger charge is 2.58. The molecule has 6 nitrogen and oxygen atoms in total. The van der Waals surface area contributed by atoms with Crippen molar-refractivity contribution in [2.45, 2.75) is 45.7 Å². The molecule has 0 aromatic carbocycles. The maximum absolute atomic E-state index is 12.5. The molecule has 2 aliphatic rings. The summed E-state index contributed by atoms with van der Waals surface area (Å²) in [6, 6.07) is 4.06. The number of hydrogen-bond acceptors (Lipinski definition) is 5. The van der Waals surface area contributed by atoms with Gasteiger partial charge in [-0.25, -0.2) is 0 Å². The first-order valence-electron chi connectivity index (χ1n) is 8.99. The Hall–Kier alpha value is -2.15. The first-order chi connectivity index (χ1) is 12.5. The van der Waals surface area contributed by atoms with E-state index < -0.39 is 0 Å². The molecule has 138 valence electrons. The number of aryl methyl sites for hydroxylation is 1. The minimum atomic E-state index is -0.0839. The predicted molar refractivity (Wildman–Crippen MR) is 97.8 cm³/mol. The predicted octanol–water partition coefficient (Wildman–Crippen LogP) is 3.09. The molecule has 1 atom stereocenters. The highest BCUT2D eigenvalue weighted by molar-refractivity contribution is 7.07. The smallest absolute Gasteiger partial charge is 0.292 e. The Bertz CT molecular complexity index is 806. The Kier molecular flexibility index (Phi) is 4.34. The minimum Gasteiger partial charge on any atom is -0.351 e. The monoisotopic (exact) mass is 373 g/mol. The molecule has 4 rings (SSSR count). The highest BCUT2D eigenvalue weighted by Crippen LogP contribution is 2.57. The van der Waals surface area contributed by atoms with Gasteiger partial charge in [0, 0.05) is 38.7 Å². The van der Waals surface area contributed by atoms with Gasteiger partial charge in [-0.2, -0.15) is 11.3 Å². The van der Waals surface area contributed by atoms with Gasteiger partial charge in [0.1, 0.15) is 0 Å². The second-order valence-electron chi connectivity index (χ2n) is 7.49. The van der Waals surface area contributed by atoms with Crippen LogP contribution in [0.3, 0.4) is 0 Å². The van der Waals surface area contributed by atoms with Gasteiger partial charge in [-0.05, 0) is 54.0 Å². The lowest BCUT2D eigenvalue weighted by Crippen LogP contribution is -2.42. The van der Waals surface area contributed by atoms with Crippen LogP contribution in [0.5, 0.6) is 0 Å². The highest BCUT2D eigenvalue weighted by atomic mass is 32.1. The Morgan fingerprint density at radius 3 is 2.77 bits per heavy atom. The fraction of sp³-hybridized carbons (Fsp3) is 0.526. The number of nitrogens with zero attached hydrogens (tertiary/aromatic N) is 3. The van der Waals surface area contributed by atoms with E-state index in [4.69, 9.17) is 4.52 Å². The van der Waals surface area contributed by atoms with Crippen LogP contribution in [-0.4, -0.2) is 45.9 Å². The number of thiophene rings is 1. The van der Waals surface area contributed by atoms with Gasteiger partial charge in [-0.15, -0.1) is 0 Å². The van der Waals surface area contributed by atoms with E-state index in [1.54, 1.807) is 24.3 Å². The standard InChI is InChI=1S/C19H23N3O3S/c1-13-9-16(25-20-13)18(24)21-6-4-19(5-7-21)10-17(19)22(14(2)23)11-15-3-8-26-12-15/h3,8-9,12,17H,4-7,10-11H2,1-2H3/t17-/m1/s1. The fourth-order valence-corrected chi connectivity index (χ4v) is 4.76. The van der Waals surface area contributed by atoms with Gasteiger partial charge >= 0.3 is 0 Å². The van der Waals surface area contributed by atoms with Crippen molar-refractivity contribution >= 4 is 23.2 Å². The largest absolute Gasteiger partial charge is 0.351 e. The lowest BCUT2D eigenvalue weighted by atomic mass is 9.92. The quantitative estimate of drug-likeness (QED) is 0.826. The molecule has 26 heavy (non-hydrogen) atoms. The van der Waals surface area contributed by atoms with Crippen LogP contribution >= 0.6 is 11.3 Å². The summed E-state index contributed by atoms with van der Waals surface area (Å²) in [5, 5.41) is 7.95. The van der Waals surface area contributed by atoms with E-state index >= 15 is 0 Å². The fourth-order valence-electron chi connectivity index (χ4n) is 4.10. The number of carbonyl (C=O) groups excluding carboxylic acids is 2. The van der Waals surface area contributed by atoms with Crippen LogP contribution in [0.15, 0.2) is 27.4 Å². The molecule has 1 spiro atoms. The van der Waals surface area contributed by atoms with Crippen molar-refractivity contribution in [3.63, 3.8) is 0 Å². The molecule has 2 fully saturated rings. The first-order valence-corrected chi connectivity index (χ1v) is 9.94. The molecule has 1 aliphatic heterocycles. The topological polar surface area (TPSA) is 66.7 Å². The SMILES string of the molecule is CC(=O)N(Cc1ccsc1)[C@@H]1CC12CCN(C(=O)c1cc(C)no1)CC2. The van der Waals surface area contributed by atoms with Crippen LogP contribution in [0.1, 0.15) is 48.0 Å². The molecular weight excluding hydrogens is 350 g/mol. The van der Waals surface area contributed by atoms with E-state index in [0.717, 1.165) is 25.0 Å². The number of amides is 2. The molecule has 2 aromatic rings. The van der Waals surface area contributed by atoms with Crippen molar-refractivity contribution in [1.82, 2.24) is 15.0 Å². The van der Waals surface area contributed by atoms with Crippen LogP contribution < -0.4 is 0 Å². The first kappa shape index (κ1) is 17.3. The summed E-state index contributed by atoms with van der Waals surface area (Å²) >= 11 is 1.66. The Balaban J connectivity index is 1.38. The van der Waals surface area contributed by atoms with Crippen LogP contribution in [0.4, 0.5) is 0 Å². The van der Waals surface area contributed by atoms with Gasteiger partial charge in [-0.1, -0.05) is 5.16 Å². The minimum absolute atomic E-state index is 0.0839. The van der Waals surface area contributed by atoms with Crippen LogP contribution in [-0.2, 0) is 11.3 Å². The van der Waals surface area contributed by atoms with Crippen LogP contribution in [0.2, 0.25) is 0 Å². The average molecular weight is 373 g/mol. The van der Waals surface area contributed by atoms with Crippen molar-refractivity contribution in [3.8, 4) is 0 Å². The number of hydrogen-bond donors (Lipinski definition) is 0. The summed E-state index contributed by atoms with van der Waals surface area (Å²) in [6.45, 7) is 5.57. The van der Waals surface area contributed by atoms with Gasteiger partial charge in [0.25, 0.3) is 5.91 Å². The van der Waals surface area contributed by atoms with E-state index in [9.17, 15) is 9.59 Å². The second-order valence-corrected chi connectivity index (χ2v) is 8.27. The average Bonchev–Trinajstić information content (AvgIpc) is 2.99. The normalized spacial score (nSPS) is 21.0. The van der Waals surface area contributed by atoms with Crippen LogP contribution in [0, 0.1) is 12.3 Å². The Morgan fingerprint density at radius 2 is 2.19 bits per heavy atom. The molecule has 0 radical (unpaired) electrons. The lowest BCUT2D eigenvalue weighted by molar-refractivity contribution is -0.130. The summed E-state index contributed by atoms with van der Waals surface area (Å²) < 4.78 is 5.10. The Morgan fingerprint density at radius 1 is 1.42 bits per heavy atom. The third kappa shape index (κ3) is 3.16. The summed E-state index contributed by atoms with van der Waals surface area (Å²) in [6.07, 6.45) is 2.91. The molecule has 1 aliphatic carbocycles. The Labute approximate surface area is 156 Å². The van der Waals surface area contributed by atoms with E-state index in [2.05, 4.69) is 16.6 Å². The lowest BCUT2D eigenvalue weighted by Gasteiger charge is -2.34. The molecule has 0 N–H and O–H groups in total. The zero-order valence-corrected chi connectivity index (χ0v) is 15.9. The summed E-state index contributed by atoms with van der Waals surface area (Å²) in [5.74, 6) is 0.363. The van der Waals surface area contributed by atoms with Crippen molar-refractivity contribution in [3.05, 3.63) is 39.9 Å². The third-order valence-electron chi connectivity index (χ3n) is 5.75. The molecule has 7 heteroatoms. The maximum Gasteiger partial charge on any atom is 0.292 e. The zero-order chi connectivity index (χ0) is 18.3. The van der Waals surface area contributed by atoms with E-state index in [1.165, 1.54) is 5.56 Å². The van der Waals surface area contributed by atoms with Gasteiger partial charge in [0.15, 0.2) is 0 Å². The van der Waals surface area contributed by atoms with Crippen molar-refractivity contribution in [2.75, 3.05) is 13.1 Å². The van der Waals surface area contributed by atoms with Crippen molar-refractivity contribution < 1.29 is 14.1 Å². The summed E-state index contributed by atoms with van der Waals surface area (Å²) in [5.41, 5.74) is 2.09. The zero-order valence-electron chi connectivity index (χ0n) is 15.1. The van der Waals surface area contributed by atoms with Gasteiger partial charge < -0.3 is 14.3 Å². The molecule has 1 saturated carbocycles. The van der Waals surface area contributed by atoms with Gasteiger partial charge in [0.05, 0.1) is 5.69 Å². The van der Waals surface area contributed by atoms with E-state index in [-0.39, 0.29) is 17.2 Å². The molecular formula is C19H23N3O3S. The number of carbonyl (C=O) groups is 2. The van der Waals surface area contributed by atoms with E-state index in [1.807, 2.05) is 22.1 Å². The molecule has 0 unspecified atom stereocenters. The maximum atomic E-state index is 12.5. The summed E-state index contributed by atoms with van der Waals surface area (Å²) in [7, 11) is 0. The van der Waals surface area contributed by atoms with Gasteiger partial charge in [0.2, 0.25) is 11.7 Å². The van der Waals surface area contributed by atoms with Crippen molar-refractivity contribution in [1.29, 1.82) is 0 Å². The number of rotatable bonds is 4. The number of piperidine rings is 1. The number of likely N-dealkylation sites (tertiary alicyclic amines) is 1. The molecule has 2 aromatic heterocycles. The van der Waals surface area contributed by atoms with Crippen molar-refractivity contribution in [2.24, 2.45) is 5.41 Å². The summed E-state index contributed by atoms with van der Waals surface area (Å²) in [4.78, 5) is 28.5. The molecule has 3 heterocycles. The molecule has 2 amide bonds. The van der Waals surface area contributed by atoms with E-state index in [0.29, 0.717) is 31.4 Å². The molecule has 1 saturated heterocycles. The third-order valence-corrected chi connectivity index (χ3v) is 6.48. The number of aromatic nitrogens is 1. The van der Waals surface area contributed by atoms with Crippen LogP contribution in [0.25, 0.3) is 0 Å².